The lowest BCUT2D eigenvalue weighted by atomic mass is 9.91. The van der Waals surface area contributed by atoms with Crippen molar-refractivity contribution in [2.45, 2.75) is 44.4 Å². The summed E-state index contributed by atoms with van der Waals surface area (Å²) in [6.45, 7) is -2.86. The van der Waals surface area contributed by atoms with Crippen molar-refractivity contribution in [1.29, 1.82) is 0 Å². The van der Waals surface area contributed by atoms with Crippen molar-refractivity contribution in [1.82, 2.24) is 0 Å². The molecule has 6 heteroatoms. The standard InChI is InChI=1S/C14H19F2NO2.ClH/c15-14(16)19-11-7-3-6-10(8-11)12(17)13(18)9-4-1-2-5-9;/h3,6-9,12-14,18H,1-2,4-5,17H2;1H/t12-,13+;/m0./s1. The predicted molar refractivity (Wildman–Crippen MR) is 75.2 cm³/mol. The van der Waals surface area contributed by atoms with E-state index in [1.54, 1.807) is 12.1 Å². The van der Waals surface area contributed by atoms with Gasteiger partial charge in [-0.25, -0.2) is 0 Å². The molecule has 0 heterocycles. The third-order valence-corrected chi connectivity index (χ3v) is 3.72. The number of ether oxygens (including phenoxy) is 1. The molecule has 0 bridgehead atoms. The molecular formula is C14H20ClF2NO2. The Balaban J connectivity index is 0.00000200. The number of rotatable bonds is 5. The number of aliphatic hydroxyl groups excluding tert-OH is 1. The molecule has 0 saturated heterocycles. The summed E-state index contributed by atoms with van der Waals surface area (Å²) in [6.07, 6.45) is 3.54. The molecule has 1 aromatic rings. The summed E-state index contributed by atoms with van der Waals surface area (Å²) >= 11 is 0. The molecule has 20 heavy (non-hydrogen) atoms. The van der Waals surface area contributed by atoms with Gasteiger partial charge in [0, 0.05) is 0 Å². The third-order valence-electron chi connectivity index (χ3n) is 3.72. The number of hydrogen-bond acceptors (Lipinski definition) is 3. The molecule has 0 unspecified atom stereocenters. The first kappa shape index (κ1) is 17.1. The predicted octanol–water partition coefficient (Wildman–Crippen LogP) is 3.26. The van der Waals surface area contributed by atoms with E-state index in [1.807, 2.05) is 0 Å². The molecule has 1 aliphatic rings. The molecule has 1 fully saturated rings. The van der Waals surface area contributed by atoms with E-state index in [4.69, 9.17) is 5.73 Å². The number of aliphatic hydroxyl groups is 1. The Morgan fingerprint density at radius 2 is 1.90 bits per heavy atom. The molecule has 0 spiro atoms. The van der Waals surface area contributed by atoms with Gasteiger partial charge in [-0.1, -0.05) is 25.0 Å². The number of benzene rings is 1. The van der Waals surface area contributed by atoms with Crippen LogP contribution in [-0.4, -0.2) is 17.8 Å². The van der Waals surface area contributed by atoms with Crippen LogP contribution in [0.2, 0.25) is 0 Å². The van der Waals surface area contributed by atoms with Gasteiger partial charge < -0.3 is 15.6 Å². The van der Waals surface area contributed by atoms with Gasteiger partial charge in [0.25, 0.3) is 0 Å². The highest BCUT2D eigenvalue weighted by Gasteiger charge is 2.28. The summed E-state index contributed by atoms with van der Waals surface area (Å²) in [6, 6.07) is 5.68. The lowest BCUT2D eigenvalue weighted by Crippen LogP contribution is -2.31. The lowest BCUT2D eigenvalue weighted by Gasteiger charge is -2.24. The van der Waals surface area contributed by atoms with Gasteiger partial charge in [0.2, 0.25) is 0 Å². The van der Waals surface area contributed by atoms with E-state index in [0.29, 0.717) is 5.56 Å². The van der Waals surface area contributed by atoms with E-state index < -0.39 is 18.8 Å². The monoisotopic (exact) mass is 307 g/mol. The van der Waals surface area contributed by atoms with E-state index in [9.17, 15) is 13.9 Å². The average Bonchev–Trinajstić information content (AvgIpc) is 2.90. The molecule has 0 radical (unpaired) electrons. The van der Waals surface area contributed by atoms with E-state index in [0.717, 1.165) is 25.7 Å². The molecule has 2 atom stereocenters. The smallest absolute Gasteiger partial charge is 0.387 e. The van der Waals surface area contributed by atoms with Crippen LogP contribution < -0.4 is 10.5 Å². The Hall–Kier alpha value is -0.910. The Morgan fingerprint density at radius 1 is 1.25 bits per heavy atom. The Kier molecular flexibility index (Phi) is 6.65. The number of halogens is 3. The zero-order valence-corrected chi connectivity index (χ0v) is 11.9. The zero-order chi connectivity index (χ0) is 13.8. The molecule has 3 N–H and O–H groups in total. The fourth-order valence-electron chi connectivity index (χ4n) is 2.69. The van der Waals surface area contributed by atoms with Crippen LogP contribution in [0.1, 0.15) is 37.3 Å². The maximum atomic E-state index is 12.2. The van der Waals surface area contributed by atoms with Crippen LogP contribution in [0.4, 0.5) is 8.78 Å². The molecule has 3 nitrogen and oxygen atoms in total. The SMILES string of the molecule is Cl.N[C@@H](c1cccc(OC(F)F)c1)[C@H](O)C1CCCC1. The summed E-state index contributed by atoms with van der Waals surface area (Å²) < 4.78 is 28.6. The summed E-state index contributed by atoms with van der Waals surface area (Å²) in [5, 5.41) is 10.2. The number of nitrogens with two attached hydrogens (primary N) is 1. The van der Waals surface area contributed by atoms with E-state index in [-0.39, 0.29) is 24.1 Å². The summed E-state index contributed by atoms with van der Waals surface area (Å²) in [5.74, 6) is 0.274. The van der Waals surface area contributed by atoms with Crippen molar-refractivity contribution in [3.63, 3.8) is 0 Å². The lowest BCUT2D eigenvalue weighted by molar-refractivity contribution is -0.0499. The highest BCUT2D eigenvalue weighted by molar-refractivity contribution is 5.85. The summed E-state index contributed by atoms with van der Waals surface area (Å²) in [7, 11) is 0. The first-order valence-electron chi connectivity index (χ1n) is 6.56. The minimum absolute atomic E-state index is 0. The van der Waals surface area contributed by atoms with Gasteiger partial charge in [-0.3, -0.25) is 0 Å². The molecule has 1 aliphatic carbocycles. The average molecular weight is 308 g/mol. The normalized spacial score (nSPS) is 18.6. The van der Waals surface area contributed by atoms with Crippen LogP contribution in [0.3, 0.4) is 0 Å². The van der Waals surface area contributed by atoms with Crippen LogP contribution in [0.15, 0.2) is 24.3 Å². The molecule has 0 aromatic heterocycles. The first-order chi connectivity index (χ1) is 9.08. The Labute approximate surface area is 123 Å². The highest BCUT2D eigenvalue weighted by Crippen LogP contribution is 2.33. The fraction of sp³-hybridized carbons (Fsp3) is 0.571. The maximum Gasteiger partial charge on any atom is 0.387 e. The highest BCUT2D eigenvalue weighted by atomic mass is 35.5. The van der Waals surface area contributed by atoms with Gasteiger partial charge >= 0.3 is 6.61 Å². The molecule has 1 aromatic carbocycles. The van der Waals surface area contributed by atoms with Gasteiger partial charge in [-0.15, -0.1) is 12.4 Å². The van der Waals surface area contributed by atoms with Gasteiger partial charge in [0.1, 0.15) is 5.75 Å². The molecule has 114 valence electrons. The van der Waals surface area contributed by atoms with Crippen LogP contribution in [-0.2, 0) is 0 Å². The van der Waals surface area contributed by atoms with Crippen molar-refractivity contribution in [2.75, 3.05) is 0 Å². The van der Waals surface area contributed by atoms with E-state index >= 15 is 0 Å². The van der Waals surface area contributed by atoms with Gasteiger partial charge in [-0.05, 0) is 36.5 Å². The second kappa shape index (κ2) is 7.76. The van der Waals surface area contributed by atoms with Gasteiger partial charge in [0.15, 0.2) is 0 Å². The molecular weight excluding hydrogens is 288 g/mol. The minimum Gasteiger partial charge on any atom is -0.435 e. The van der Waals surface area contributed by atoms with Crippen LogP contribution in [0.5, 0.6) is 5.75 Å². The van der Waals surface area contributed by atoms with E-state index in [1.165, 1.54) is 12.1 Å². The van der Waals surface area contributed by atoms with Crippen molar-refractivity contribution in [3.05, 3.63) is 29.8 Å². The summed E-state index contributed by atoms with van der Waals surface area (Å²) in [5.41, 5.74) is 6.65. The Morgan fingerprint density at radius 3 is 2.50 bits per heavy atom. The Bertz CT molecular complexity index is 414. The van der Waals surface area contributed by atoms with Crippen LogP contribution in [0.25, 0.3) is 0 Å². The van der Waals surface area contributed by atoms with Crippen molar-refractivity contribution >= 4 is 12.4 Å². The summed E-state index contributed by atoms with van der Waals surface area (Å²) in [4.78, 5) is 0. The number of alkyl halides is 2. The second-order valence-corrected chi connectivity index (χ2v) is 5.01. The van der Waals surface area contributed by atoms with E-state index in [2.05, 4.69) is 4.74 Å². The van der Waals surface area contributed by atoms with Crippen molar-refractivity contribution in [3.8, 4) is 5.75 Å². The third kappa shape index (κ3) is 4.30. The molecule has 1 saturated carbocycles. The quantitative estimate of drug-likeness (QED) is 0.878. The largest absolute Gasteiger partial charge is 0.435 e. The molecule has 2 rings (SSSR count). The second-order valence-electron chi connectivity index (χ2n) is 5.01. The van der Waals surface area contributed by atoms with Gasteiger partial charge in [-0.2, -0.15) is 8.78 Å². The number of hydrogen-bond donors (Lipinski definition) is 2. The van der Waals surface area contributed by atoms with Crippen LogP contribution >= 0.6 is 12.4 Å². The van der Waals surface area contributed by atoms with Gasteiger partial charge in [0.05, 0.1) is 12.1 Å². The molecule has 0 aliphatic heterocycles. The molecule has 0 amide bonds. The van der Waals surface area contributed by atoms with Crippen molar-refractivity contribution in [2.24, 2.45) is 11.7 Å². The fourth-order valence-corrected chi connectivity index (χ4v) is 2.69. The maximum absolute atomic E-state index is 12.2. The zero-order valence-electron chi connectivity index (χ0n) is 11.0. The van der Waals surface area contributed by atoms with Crippen LogP contribution in [0, 0.1) is 5.92 Å². The first-order valence-corrected chi connectivity index (χ1v) is 6.56. The topological polar surface area (TPSA) is 55.5 Å². The minimum atomic E-state index is -2.86. The van der Waals surface area contributed by atoms with Crippen molar-refractivity contribution < 1.29 is 18.6 Å².